The molecule has 18 heavy (non-hydrogen) atoms. The van der Waals surface area contributed by atoms with Gasteiger partial charge in [-0.1, -0.05) is 37.6 Å². The number of hydrogen-bond donors (Lipinski definition) is 1. The lowest BCUT2D eigenvalue weighted by Gasteiger charge is -2.28. The number of benzene rings is 1. The maximum Gasteiger partial charge on any atom is 0.0640 e. The zero-order valence-electron chi connectivity index (χ0n) is 12.4. The molecule has 0 aromatic heterocycles. The molecule has 0 aliphatic rings. The van der Waals surface area contributed by atoms with E-state index in [2.05, 4.69) is 50.4 Å². The Bertz CT molecular complexity index is 343. The fraction of sp³-hybridized carbons (Fsp3) is 0.625. The van der Waals surface area contributed by atoms with Crippen LogP contribution >= 0.6 is 0 Å². The fourth-order valence-electron chi connectivity index (χ4n) is 2.17. The normalized spacial score (nSPS) is 13.6. The van der Waals surface area contributed by atoms with E-state index in [-0.39, 0.29) is 5.60 Å². The maximum absolute atomic E-state index is 5.51. The van der Waals surface area contributed by atoms with Crippen LogP contribution in [0.1, 0.15) is 50.8 Å². The second kappa shape index (κ2) is 6.91. The van der Waals surface area contributed by atoms with Crippen LogP contribution in [0.3, 0.4) is 0 Å². The summed E-state index contributed by atoms with van der Waals surface area (Å²) in [6.45, 7) is 6.47. The molecule has 0 saturated carbocycles. The van der Waals surface area contributed by atoms with Crippen LogP contribution in [0.25, 0.3) is 0 Å². The maximum atomic E-state index is 5.51. The third kappa shape index (κ3) is 4.43. The second-order valence-corrected chi connectivity index (χ2v) is 5.50. The summed E-state index contributed by atoms with van der Waals surface area (Å²) in [4.78, 5) is 0. The van der Waals surface area contributed by atoms with Gasteiger partial charge in [-0.3, -0.25) is 0 Å². The van der Waals surface area contributed by atoms with Gasteiger partial charge in [-0.05, 0) is 44.9 Å². The third-order valence-corrected chi connectivity index (χ3v) is 3.52. The summed E-state index contributed by atoms with van der Waals surface area (Å²) in [6, 6.07) is 9.29. The van der Waals surface area contributed by atoms with Gasteiger partial charge in [0.15, 0.2) is 0 Å². The van der Waals surface area contributed by atoms with Crippen molar-refractivity contribution in [2.45, 2.75) is 51.7 Å². The number of ether oxygens (including phenoxy) is 1. The van der Waals surface area contributed by atoms with E-state index in [1.807, 2.05) is 7.05 Å². The lowest BCUT2D eigenvalue weighted by Crippen LogP contribution is -2.30. The lowest BCUT2D eigenvalue weighted by atomic mass is 9.93. The molecular weight excluding hydrogens is 222 g/mol. The number of nitrogens with one attached hydrogen (secondary N) is 1. The van der Waals surface area contributed by atoms with Crippen LogP contribution < -0.4 is 5.32 Å². The Morgan fingerprint density at radius 3 is 2.28 bits per heavy atom. The van der Waals surface area contributed by atoms with E-state index in [1.54, 1.807) is 7.11 Å². The fourth-order valence-corrected chi connectivity index (χ4v) is 2.17. The molecule has 0 heterocycles. The van der Waals surface area contributed by atoms with Gasteiger partial charge in [0.05, 0.1) is 5.60 Å². The Balaban J connectivity index is 2.76. The van der Waals surface area contributed by atoms with Crippen LogP contribution in [0.15, 0.2) is 24.3 Å². The van der Waals surface area contributed by atoms with Crippen LogP contribution in [0.2, 0.25) is 0 Å². The summed E-state index contributed by atoms with van der Waals surface area (Å²) in [7, 11) is 3.79. The molecule has 0 radical (unpaired) electrons. The Labute approximate surface area is 112 Å². The van der Waals surface area contributed by atoms with Crippen molar-refractivity contribution in [2.75, 3.05) is 14.2 Å². The van der Waals surface area contributed by atoms with Crippen molar-refractivity contribution < 1.29 is 4.74 Å². The molecule has 2 nitrogen and oxygen atoms in total. The number of methoxy groups -OCH3 is 1. The van der Waals surface area contributed by atoms with Crippen LogP contribution in [-0.2, 0) is 11.2 Å². The van der Waals surface area contributed by atoms with E-state index in [0.717, 1.165) is 12.8 Å². The average Bonchev–Trinajstić information content (AvgIpc) is 2.37. The minimum atomic E-state index is -0.101. The molecule has 1 atom stereocenters. The smallest absolute Gasteiger partial charge is 0.0640 e. The monoisotopic (exact) mass is 249 g/mol. The van der Waals surface area contributed by atoms with Crippen molar-refractivity contribution in [3.05, 3.63) is 35.4 Å². The van der Waals surface area contributed by atoms with E-state index in [4.69, 9.17) is 4.74 Å². The molecule has 0 bridgehead atoms. The van der Waals surface area contributed by atoms with Gasteiger partial charge < -0.3 is 10.1 Å². The molecule has 1 aromatic rings. The summed E-state index contributed by atoms with van der Waals surface area (Å²) >= 11 is 0. The molecule has 0 aliphatic carbocycles. The number of rotatable bonds is 7. The van der Waals surface area contributed by atoms with Gasteiger partial charge in [0, 0.05) is 13.2 Å². The number of hydrogen-bond acceptors (Lipinski definition) is 2. The van der Waals surface area contributed by atoms with Crippen molar-refractivity contribution in [3.8, 4) is 0 Å². The highest BCUT2D eigenvalue weighted by atomic mass is 16.5. The van der Waals surface area contributed by atoms with E-state index in [0.29, 0.717) is 6.04 Å². The van der Waals surface area contributed by atoms with Crippen molar-refractivity contribution in [3.63, 3.8) is 0 Å². The topological polar surface area (TPSA) is 21.3 Å². The van der Waals surface area contributed by atoms with E-state index in [1.165, 1.54) is 17.5 Å². The molecule has 0 fully saturated rings. The van der Waals surface area contributed by atoms with Crippen LogP contribution in [0.5, 0.6) is 0 Å². The Morgan fingerprint density at radius 2 is 1.83 bits per heavy atom. The van der Waals surface area contributed by atoms with Gasteiger partial charge in [-0.2, -0.15) is 0 Å². The van der Waals surface area contributed by atoms with E-state index in [9.17, 15) is 0 Å². The first-order valence-electron chi connectivity index (χ1n) is 6.83. The minimum Gasteiger partial charge on any atom is -0.379 e. The Kier molecular flexibility index (Phi) is 5.83. The highest BCUT2D eigenvalue weighted by molar-refractivity contribution is 5.25. The first-order valence-corrected chi connectivity index (χ1v) is 6.83. The molecule has 0 spiro atoms. The lowest BCUT2D eigenvalue weighted by molar-refractivity contribution is 0.00744. The predicted molar refractivity (Wildman–Crippen MR) is 77.9 cm³/mol. The van der Waals surface area contributed by atoms with Crippen molar-refractivity contribution in [2.24, 2.45) is 0 Å². The van der Waals surface area contributed by atoms with Crippen LogP contribution in [0, 0.1) is 0 Å². The molecule has 2 heteroatoms. The van der Waals surface area contributed by atoms with E-state index < -0.39 is 0 Å². The average molecular weight is 249 g/mol. The zero-order valence-corrected chi connectivity index (χ0v) is 12.4. The van der Waals surface area contributed by atoms with Gasteiger partial charge in [0.1, 0.15) is 0 Å². The Hall–Kier alpha value is -0.860. The molecule has 0 saturated heterocycles. The summed E-state index contributed by atoms with van der Waals surface area (Å²) in [5, 5.41) is 3.38. The quantitative estimate of drug-likeness (QED) is 0.795. The van der Waals surface area contributed by atoms with Crippen molar-refractivity contribution in [1.29, 1.82) is 0 Å². The molecular formula is C16H27NO. The molecule has 1 aromatic carbocycles. The Morgan fingerprint density at radius 1 is 1.22 bits per heavy atom. The molecule has 0 amide bonds. The van der Waals surface area contributed by atoms with Crippen molar-refractivity contribution in [1.82, 2.24) is 5.32 Å². The van der Waals surface area contributed by atoms with Crippen molar-refractivity contribution >= 4 is 0 Å². The molecule has 1 unspecified atom stereocenters. The summed E-state index contributed by atoms with van der Waals surface area (Å²) in [6.07, 6.45) is 3.33. The first-order chi connectivity index (χ1) is 8.52. The predicted octanol–water partition coefficient (Wildman–Crippen LogP) is 3.71. The first kappa shape index (κ1) is 15.2. The standard InChI is InChI=1S/C16H27NO/c1-6-7-13-8-10-14(11-9-13)15(17-4)12-16(2,3)18-5/h8-11,15,17H,6-7,12H2,1-5H3. The van der Waals surface area contributed by atoms with Gasteiger partial charge in [-0.25, -0.2) is 0 Å². The summed E-state index contributed by atoms with van der Waals surface area (Å²) in [5.41, 5.74) is 2.65. The van der Waals surface area contributed by atoms with Gasteiger partial charge in [-0.15, -0.1) is 0 Å². The number of aryl methyl sites for hydroxylation is 1. The minimum absolute atomic E-state index is 0.101. The second-order valence-electron chi connectivity index (χ2n) is 5.50. The van der Waals surface area contributed by atoms with E-state index >= 15 is 0 Å². The molecule has 102 valence electrons. The van der Waals surface area contributed by atoms with Crippen LogP contribution in [-0.4, -0.2) is 19.8 Å². The molecule has 0 aliphatic heterocycles. The highest BCUT2D eigenvalue weighted by Gasteiger charge is 2.22. The van der Waals surface area contributed by atoms with Gasteiger partial charge in [0.25, 0.3) is 0 Å². The SMILES string of the molecule is CCCc1ccc(C(CC(C)(C)OC)NC)cc1. The van der Waals surface area contributed by atoms with Gasteiger partial charge >= 0.3 is 0 Å². The third-order valence-electron chi connectivity index (χ3n) is 3.52. The largest absolute Gasteiger partial charge is 0.379 e. The zero-order chi connectivity index (χ0) is 13.6. The molecule has 1 rings (SSSR count). The van der Waals surface area contributed by atoms with Crippen LogP contribution in [0.4, 0.5) is 0 Å². The highest BCUT2D eigenvalue weighted by Crippen LogP contribution is 2.26. The molecule has 1 N–H and O–H groups in total. The summed E-state index contributed by atoms with van der Waals surface area (Å²) < 4.78 is 5.51. The van der Waals surface area contributed by atoms with Gasteiger partial charge in [0.2, 0.25) is 0 Å². The summed E-state index contributed by atoms with van der Waals surface area (Å²) in [5.74, 6) is 0.